The molecule has 3 aromatic carbocycles. The van der Waals surface area contributed by atoms with Crippen LogP contribution in [0.15, 0.2) is 82.7 Å². The van der Waals surface area contributed by atoms with Gasteiger partial charge in [0.25, 0.3) is 5.91 Å². The Morgan fingerprint density at radius 3 is 2.45 bits per heavy atom. The molecule has 1 aliphatic heterocycles. The van der Waals surface area contributed by atoms with Gasteiger partial charge in [-0.05, 0) is 53.2 Å². The second kappa shape index (κ2) is 9.29. The fraction of sp³-hybridized carbons (Fsp3) is 0.0833. The van der Waals surface area contributed by atoms with Crippen LogP contribution >= 0.6 is 23.4 Å². The number of carbonyl (C=O) groups is 1. The number of aliphatic imine (C=N–C) groups is 1. The average molecular weight is 451 g/mol. The van der Waals surface area contributed by atoms with Gasteiger partial charge in [0, 0.05) is 0 Å². The Morgan fingerprint density at radius 1 is 1.10 bits per heavy atom. The van der Waals surface area contributed by atoms with Gasteiger partial charge in [-0.3, -0.25) is 9.69 Å². The second-order valence-electron chi connectivity index (χ2n) is 6.77. The first kappa shape index (κ1) is 21.0. The van der Waals surface area contributed by atoms with E-state index in [0.717, 1.165) is 11.3 Å². The summed E-state index contributed by atoms with van der Waals surface area (Å²) >= 11 is 7.41. The number of carbonyl (C=O) groups excluding carboxylic acids is 1. The Kier molecular flexibility index (Phi) is 6.30. The molecule has 0 radical (unpaired) electrons. The van der Waals surface area contributed by atoms with E-state index in [2.05, 4.69) is 0 Å². The number of benzene rings is 3. The molecule has 0 spiro atoms. The molecule has 0 atom stereocenters. The molecular weight excluding hydrogens is 432 g/mol. The van der Waals surface area contributed by atoms with E-state index >= 15 is 0 Å². The van der Waals surface area contributed by atoms with Crippen LogP contribution in [0.1, 0.15) is 11.1 Å². The lowest BCUT2D eigenvalue weighted by molar-refractivity contribution is -0.122. The first-order valence-electron chi connectivity index (χ1n) is 9.50. The molecule has 156 valence electrons. The van der Waals surface area contributed by atoms with Gasteiger partial charge in [0.2, 0.25) is 0 Å². The smallest absolute Gasteiger partial charge is 0.267 e. The Hall–Kier alpha value is -3.22. The monoisotopic (exact) mass is 450 g/mol. The van der Waals surface area contributed by atoms with E-state index in [0.29, 0.717) is 22.2 Å². The van der Waals surface area contributed by atoms with Gasteiger partial charge in [0.15, 0.2) is 16.7 Å². The van der Waals surface area contributed by atoms with Crippen molar-refractivity contribution < 1.29 is 14.6 Å². The Labute approximate surface area is 189 Å². The molecule has 1 fully saturated rings. The molecule has 0 saturated carbocycles. The SMILES string of the molecule is COc1cc(/C=C2/SC(=Nc3ccccc3)N(Cc3ccccc3)C2=O)cc(Cl)c1O. The third-order valence-corrected chi connectivity index (χ3v) is 5.92. The maximum Gasteiger partial charge on any atom is 0.267 e. The van der Waals surface area contributed by atoms with Crippen molar-refractivity contribution in [3.63, 3.8) is 0 Å². The van der Waals surface area contributed by atoms with E-state index in [1.54, 1.807) is 23.1 Å². The number of methoxy groups -OCH3 is 1. The van der Waals surface area contributed by atoms with Gasteiger partial charge in [-0.2, -0.15) is 0 Å². The van der Waals surface area contributed by atoms with Crippen molar-refractivity contribution in [3.05, 3.63) is 93.9 Å². The van der Waals surface area contributed by atoms with Crippen LogP contribution in [0.4, 0.5) is 5.69 Å². The number of hydrogen-bond acceptors (Lipinski definition) is 5. The largest absolute Gasteiger partial charge is 0.503 e. The number of halogens is 1. The van der Waals surface area contributed by atoms with Crippen molar-refractivity contribution in [1.82, 2.24) is 4.90 Å². The maximum atomic E-state index is 13.3. The second-order valence-corrected chi connectivity index (χ2v) is 8.19. The zero-order valence-corrected chi connectivity index (χ0v) is 18.2. The van der Waals surface area contributed by atoms with Crippen LogP contribution in [0.25, 0.3) is 6.08 Å². The normalized spacial score (nSPS) is 16.3. The lowest BCUT2D eigenvalue weighted by Gasteiger charge is -2.15. The standard InChI is InChI=1S/C24H19ClN2O3S/c1-30-20-13-17(12-19(25)22(20)28)14-21-23(29)27(15-16-8-4-2-5-9-16)24(31-21)26-18-10-6-3-7-11-18/h2-14,28H,15H2,1H3/b21-14+,26-24?. The number of amidine groups is 1. The predicted octanol–water partition coefficient (Wildman–Crippen LogP) is 5.86. The molecule has 31 heavy (non-hydrogen) atoms. The topological polar surface area (TPSA) is 62.1 Å². The van der Waals surface area contributed by atoms with Crippen LogP contribution in [-0.4, -0.2) is 28.2 Å². The Bertz CT molecular complexity index is 1160. The molecular formula is C24H19ClN2O3S. The van der Waals surface area contributed by atoms with E-state index in [9.17, 15) is 9.90 Å². The number of phenolic OH excluding ortho intramolecular Hbond substituents is 1. The highest BCUT2D eigenvalue weighted by molar-refractivity contribution is 8.18. The first-order chi connectivity index (χ1) is 15.0. The summed E-state index contributed by atoms with van der Waals surface area (Å²) < 4.78 is 5.17. The molecule has 5 nitrogen and oxygen atoms in total. The average Bonchev–Trinajstić information content (AvgIpc) is 3.06. The summed E-state index contributed by atoms with van der Waals surface area (Å²) in [5.41, 5.74) is 2.43. The molecule has 3 aromatic rings. The molecule has 7 heteroatoms. The summed E-state index contributed by atoms with van der Waals surface area (Å²) in [6.45, 7) is 0.412. The molecule has 1 aliphatic rings. The third-order valence-electron chi connectivity index (χ3n) is 4.62. The minimum absolute atomic E-state index is 0.131. The predicted molar refractivity (Wildman–Crippen MR) is 126 cm³/mol. The van der Waals surface area contributed by atoms with Crippen LogP contribution in [0.3, 0.4) is 0 Å². The highest BCUT2D eigenvalue weighted by atomic mass is 35.5. The zero-order valence-electron chi connectivity index (χ0n) is 16.7. The van der Waals surface area contributed by atoms with Crippen LogP contribution < -0.4 is 4.74 Å². The maximum absolute atomic E-state index is 13.3. The van der Waals surface area contributed by atoms with Gasteiger partial charge in [0.05, 0.1) is 29.3 Å². The molecule has 1 heterocycles. The molecule has 0 aromatic heterocycles. The zero-order chi connectivity index (χ0) is 21.8. The highest BCUT2D eigenvalue weighted by Gasteiger charge is 2.33. The van der Waals surface area contributed by atoms with Crippen LogP contribution in [0.2, 0.25) is 5.02 Å². The number of para-hydroxylation sites is 1. The summed E-state index contributed by atoms with van der Waals surface area (Å²) in [7, 11) is 1.45. The van der Waals surface area contributed by atoms with Gasteiger partial charge in [-0.15, -0.1) is 0 Å². The Morgan fingerprint density at radius 2 is 1.77 bits per heavy atom. The molecule has 1 saturated heterocycles. The van der Waals surface area contributed by atoms with E-state index in [-0.39, 0.29) is 22.4 Å². The molecule has 1 amide bonds. The summed E-state index contributed by atoms with van der Waals surface area (Å²) in [6.07, 6.45) is 1.73. The fourth-order valence-electron chi connectivity index (χ4n) is 3.09. The summed E-state index contributed by atoms with van der Waals surface area (Å²) in [5, 5.41) is 10.7. The number of thioether (sulfide) groups is 1. The number of phenols is 1. The number of amides is 1. The van der Waals surface area contributed by atoms with Gasteiger partial charge < -0.3 is 9.84 Å². The van der Waals surface area contributed by atoms with Gasteiger partial charge in [-0.1, -0.05) is 60.1 Å². The summed E-state index contributed by atoms with van der Waals surface area (Å²) in [5.74, 6) is -0.0328. The van der Waals surface area contributed by atoms with Crippen LogP contribution in [-0.2, 0) is 11.3 Å². The van der Waals surface area contributed by atoms with E-state index in [1.165, 1.54) is 18.9 Å². The lowest BCUT2D eigenvalue weighted by Crippen LogP contribution is -2.28. The fourth-order valence-corrected chi connectivity index (χ4v) is 4.31. The minimum Gasteiger partial charge on any atom is -0.503 e. The molecule has 0 unspecified atom stereocenters. The van der Waals surface area contributed by atoms with Crippen molar-refractivity contribution in [1.29, 1.82) is 0 Å². The van der Waals surface area contributed by atoms with Crippen molar-refractivity contribution in [3.8, 4) is 11.5 Å². The number of aromatic hydroxyl groups is 1. The minimum atomic E-state index is -0.147. The molecule has 0 aliphatic carbocycles. The summed E-state index contributed by atoms with van der Waals surface area (Å²) in [6, 6.07) is 22.5. The van der Waals surface area contributed by atoms with Crippen LogP contribution in [0.5, 0.6) is 11.5 Å². The first-order valence-corrected chi connectivity index (χ1v) is 10.7. The van der Waals surface area contributed by atoms with Gasteiger partial charge in [-0.25, -0.2) is 4.99 Å². The molecule has 4 rings (SSSR count). The quantitative estimate of drug-likeness (QED) is 0.494. The molecule has 0 bridgehead atoms. The van der Waals surface area contributed by atoms with E-state index < -0.39 is 0 Å². The number of ether oxygens (including phenoxy) is 1. The molecule has 1 N–H and O–H groups in total. The van der Waals surface area contributed by atoms with Gasteiger partial charge >= 0.3 is 0 Å². The third kappa shape index (κ3) is 4.76. The number of hydrogen-bond donors (Lipinski definition) is 1. The summed E-state index contributed by atoms with van der Waals surface area (Å²) in [4.78, 5) is 20.1. The van der Waals surface area contributed by atoms with Crippen LogP contribution in [0, 0.1) is 0 Å². The van der Waals surface area contributed by atoms with Crippen molar-refractivity contribution >= 4 is 46.2 Å². The van der Waals surface area contributed by atoms with Gasteiger partial charge in [0.1, 0.15) is 0 Å². The van der Waals surface area contributed by atoms with Crippen molar-refractivity contribution in [2.75, 3.05) is 7.11 Å². The van der Waals surface area contributed by atoms with Crippen molar-refractivity contribution in [2.24, 2.45) is 4.99 Å². The highest BCUT2D eigenvalue weighted by Crippen LogP contribution is 2.39. The van der Waals surface area contributed by atoms with Crippen molar-refractivity contribution in [2.45, 2.75) is 6.54 Å². The van der Waals surface area contributed by atoms with E-state index in [4.69, 9.17) is 21.3 Å². The number of rotatable bonds is 5. The number of nitrogens with zero attached hydrogens (tertiary/aromatic N) is 2. The van der Waals surface area contributed by atoms with E-state index in [1.807, 2.05) is 60.7 Å². The Balaban J connectivity index is 1.72. The lowest BCUT2D eigenvalue weighted by atomic mass is 10.1.